The molecular formula is C38H41IrN6. The molecule has 0 atom stereocenters. The molecule has 4 aromatic rings. The normalized spacial score (nSPS) is 17.5. The molecule has 1 saturated carbocycles. The van der Waals surface area contributed by atoms with Crippen LogP contribution in [0.3, 0.4) is 0 Å². The Balaban J connectivity index is 0.000000166. The van der Waals surface area contributed by atoms with Gasteiger partial charge in [0.05, 0.1) is 0 Å². The average Bonchev–Trinajstić information content (AvgIpc) is 3.55. The molecule has 8 rings (SSSR count). The van der Waals surface area contributed by atoms with E-state index in [0.29, 0.717) is 11.6 Å². The number of anilines is 1. The van der Waals surface area contributed by atoms with E-state index in [1.165, 1.54) is 85.6 Å². The number of aromatic nitrogens is 4. The van der Waals surface area contributed by atoms with E-state index in [9.17, 15) is 0 Å². The largest absolute Gasteiger partial charge is 3.00 e. The van der Waals surface area contributed by atoms with Crippen molar-refractivity contribution in [3.63, 3.8) is 0 Å². The summed E-state index contributed by atoms with van der Waals surface area (Å²) in [6, 6.07) is 23.8. The van der Waals surface area contributed by atoms with Gasteiger partial charge in [0.25, 0.3) is 0 Å². The van der Waals surface area contributed by atoms with E-state index >= 15 is 0 Å². The molecule has 1 aliphatic heterocycles. The van der Waals surface area contributed by atoms with E-state index in [0.717, 1.165) is 48.4 Å². The smallest absolute Gasteiger partial charge is 0.510 e. The van der Waals surface area contributed by atoms with E-state index < -0.39 is 0 Å². The van der Waals surface area contributed by atoms with E-state index in [4.69, 9.17) is 0 Å². The van der Waals surface area contributed by atoms with Gasteiger partial charge >= 0.3 is 20.1 Å². The number of benzene rings is 3. The Labute approximate surface area is 281 Å². The monoisotopic (exact) mass is 774 g/mol. The van der Waals surface area contributed by atoms with Crippen molar-refractivity contribution in [1.82, 2.24) is 25.3 Å². The van der Waals surface area contributed by atoms with Gasteiger partial charge in [-0.15, -0.1) is 51.3 Å². The summed E-state index contributed by atoms with van der Waals surface area (Å²) < 4.78 is 0. The number of hydrogen-bond donors (Lipinski definition) is 0. The minimum absolute atomic E-state index is 0. The van der Waals surface area contributed by atoms with Gasteiger partial charge in [0.15, 0.2) is 0 Å². The van der Waals surface area contributed by atoms with Crippen molar-refractivity contribution in [2.24, 2.45) is 0 Å². The van der Waals surface area contributed by atoms with Crippen molar-refractivity contribution < 1.29 is 20.1 Å². The van der Waals surface area contributed by atoms with Gasteiger partial charge in [-0.25, -0.2) is 0 Å². The van der Waals surface area contributed by atoms with Gasteiger partial charge in [-0.2, -0.15) is 40.6 Å². The maximum Gasteiger partial charge on any atom is 3.00 e. The van der Waals surface area contributed by atoms with Crippen molar-refractivity contribution in [2.75, 3.05) is 11.9 Å². The number of nitrogens with zero attached hydrogens (tertiary/aromatic N) is 6. The first-order valence-corrected chi connectivity index (χ1v) is 16.5. The minimum atomic E-state index is 0. The van der Waals surface area contributed by atoms with Crippen LogP contribution in [0.25, 0.3) is 22.8 Å². The van der Waals surface area contributed by atoms with Crippen molar-refractivity contribution in [3.05, 3.63) is 108 Å². The molecule has 3 aliphatic carbocycles. The van der Waals surface area contributed by atoms with Crippen LogP contribution in [0.15, 0.2) is 60.9 Å². The Kier molecular flexibility index (Phi) is 10.4. The van der Waals surface area contributed by atoms with E-state index in [-0.39, 0.29) is 20.1 Å². The number of hydrogen-bond acceptors (Lipinski definition) is 6. The maximum absolute atomic E-state index is 4.44. The third-order valence-electron chi connectivity index (χ3n) is 9.60. The second-order valence-corrected chi connectivity index (χ2v) is 12.6. The van der Waals surface area contributed by atoms with Crippen LogP contribution in [0.2, 0.25) is 0 Å². The molecule has 0 bridgehead atoms. The first kappa shape index (κ1) is 31.6. The third-order valence-corrected chi connectivity index (χ3v) is 9.60. The first-order chi connectivity index (χ1) is 21.7. The number of aryl methyl sites for hydroxylation is 2. The Bertz CT molecular complexity index is 1530. The zero-order chi connectivity index (χ0) is 29.7. The maximum atomic E-state index is 4.44. The van der Waals surface area contributed by atoms with E-state index in [2.05, 4.69) is 104 Å². The van der Waals surface area contributed by atoms with Crippen molar-refractivity contribution in [3.8, 4) is 22.8 Å². The summed E-state index contributed by atoms with van der Waals surface area (Å²) in [5.41, 5.74) is 10.2. The quantitative estimate of drug-likeness (QED) is 0.196. The molecular weight excluding hydrogens is 733 g/mol. The molecule has 6 nitrogen and oxygen atoms in total. The topological polar surface area (TPSA) is 58.0 Å². The molecule has 0 unspecified atom stereocenters. The van der Waals surface area contributed by atoms with Crippen LogP contribution in [0.5, 0.6) is 0 Å². The molecule has 0 radical (unpaired) electrons. The van der Waals surface area contributed by atoms with Crippen LogP contribution in [-0.4, -0.2) is 32.3 Å². The van der Waals surface area contributed by atoms with Crippen LogP contribution in [0, 0.1) is 18.8 Å². The average molecular weight is 774 g/mol. The van der Waals surface area contributed by atoms with Gasteiger partial charge < -0.3 is 9.80 Å². The van der Waals surface area contributed by atoms with E-state index in [1.807, 2.05) is 13.1 Å². The second kappa shape index (κ2) is 14.8. The van der Waals surface area contributed by atoms with Gasteiger partial charge in [0, 0.05) is 5.56 Å². The van der Waals surface area contributed by atoms with Gasteiger partial charge in [-0.3, -0.25) is 0 Å². The Hall–Kier alpha value is -3.41. The SMILES string of the molecule is CN1C=CN(c2[c-]ccc(C3CCCCC3)c2)[CH-]1.[Ir+3].[c-]1ccc2c(c1-c1nnc(-c3cccc4c3CCCC4)nn1)CCCC2. The predicted octanol–water partition coefficient (Wildman–Crippen LogP) is 8.03. The van der Waals surface area contributed by atoms with Crippen LogP contribution < -0.4 is 4.90 Å². The van der Waals surface area contributed by atoms with Gasteiger partial charge in [-0.05, 0) is 81.4 Å². The fourth-order valence-electron chi connectivity index (χ4n) is 7.24. The molecule has 0 spiro atoms. The molecule has 0 N–H and O–H groups in total. The molecule has 1 aromatic heterocycles. The molecule has 232 valence electrons. The van der Waals surface area contributed by atoms with Crippen molar-refractivity contribution in [1.29, 1.82) is 0 Å². The fraction of sp³-hybridized carbons (Fsp3) is 0.395. The predicted molar refractivity (Wildman–Crippen MR) is 175 cm³/mol. The summed E-state index contributed by atoms with van der Waals surface area (Å²) in [7, 11) is 2.04. The van der Waals surface area contributed by atoms with Crippen molar-refractivity contribution in [2.45, 2.75) is 89.4 Å². The van der Waals surface area contributed by atoms with Gasteiger partial charge in [-0.1, -0.05) is 62.3 Å². The molecule has 1 fully saturated rings. The van der Waals surface area contributed by atoms with Crippen LogP contribution in [-0.2, 0) is 45.8 Å². The van der Waals surface area contributed by atoms with Gasteiger partial charge in [0.1, 0.15) is 5.82 Å². The summed E-state index contributed by atoms with van der Waals surface area (Å²) >= 11 is 0. The first-order valence-electron chi connectivity index (χ1n) is 16.5. The molecule has 0 amide bonds. The second-order valence-electron chi connectivity index (χ2n) is 12.6. The summed E-state index contributed by atoms with van der Waals surface area (Å²) in [4.78, 5) is 4.19. The Morgan fingerprint density at radius 1 is 0.711 bits per heavy atom. The van der Waals surface area contributed by atoms with Crippen molar-refractivity contribution >= 4 is 5.69 Å². The fourth-order valence-corrected chi connectivity index (χ4v) is 7.24. The van der Waals surface area contributed by atoms with Crippen LogP contribution in [0.1, 0.15) is 91.5 Å². The summed E-state index contributed by atoms with van der Waals surface area (Å²) in [6.07, 6.45) is 20.4. The Morgan fingerprint density at radius 2 is 1.40 bits per heavy atom. The molecule has 4 aliphatic rings. The standard InChI is InChI=1S/C22H21N4.C16H20N2.Ir/c1-3-11-17-15(7-1)9-5-13-19(17)21-23-25-22(26-24-21)20-14-6-10-16-8-2-4-12-18(16)20;1-17-10-11-18(13-17)16-9-5-8-15(12-16)14-6-3-2-4-7-14;/h5-6,9-10,13H,1-4,7-8,11-12H2;5,8,10-14H,2-4,6-7H2,1H3;/q-1;-2;+3. The zero-order valence-corrected chi connectivity index (χ0v) is 28.5. The zero-order valence-electron chi connectivity index (χ0n) is 26.1. The number of fused-ring (bicyclic) bond motifs is 2. The molecule has 45 heavy (non-hydrogen) atoms. The number of rotatable bonds is 4. The van der Waals surface area contributed by atoms with Crippen LogP contribution in [0.4, 0.5) is 5.69 Å². The summed E-state index contributed by atoms with van der Waals surface area (Å²) in [5, 5.41) is 17.7. The molecule has 2 heterocycles. The molecule has 3 aromatic carbocycles. The molecule has 7 heteroatoms. The minimum Gasteiger partial charge on any atom is -0.510 e. The van der Waals surface area contributed by atoms with Gasteiger partial charge in [0.2, 0.25) is 5.82 Å². The summed E-state index contributed by atoms with van der Waals surface area (Å²) in [5.74, 6) is 1.99. The Morgan fingerprint density at radius 3 is 2.16 bits per heavy atom. The third kappa shape index (κ3) is 7.21. The van der Waals surface area contributed by atoms with E-state index in [1.54, 1.807) is 0 Å². The molecule has 0 saturated heterocycles. The summed E-state index contributed by atoms with van der Waals surface area (Å²) in [6.45, 7) is 2.08. The van der Waals surface area contributed by atoms with Crippen LogP contribution >= 0.6 is 0 Å².